The Hall–Kier alpha value is -3.15. The lowest BCUT2D eigenvalue weighted by Crippen LogP contribution is -2.24. The van der Waals surface area contributed by atoms with Gasteiger partial charge in [0.2, 0.25) is 0 Å². The van der Waals surface area contributed by atoms with Crippen molar-refractivity contribution in [1.82, 2.24) is 15.0 Å². The van der Waals surface area contributed by atoms with Crippen molar-refractivity contribution >= 4 is 5.82 Å². The number of hydrogen-bond donors (Lipinski definition) is 1. The van der Waals surface area contributed by atoms with Crippen LogP contribution in [-0.2, 0) is 6.42 Å². The molecule has 0 bridgehead atoms. The average Bonchev–Trinajstić information content (AvgIpc) is 2.66. The summed E-state index contributed by atoms with van der Waals surface area (Å²) < 4.78 is 5.87. The van der Waals surface area contributed by atoms with E-state index in [9.17, 15) is 4.79 Å². The highest BCUT2D eigenvalue weighted by Crippen LogP contribution is 2.18. The number of ether oxygens (including phenoxy) is 1. The van der Waals surface area contributed by atoms with E-state index < -0.39 is 0 Å². The van der Waals surface area contributed by atoms with Gasteiger partial charge in [0, 0.05) is 30.6 Å². The molecule has 0 saturated heterocycles. The molecule has 0 radical (unpaired) electrons. The van der Waals surface area contributed by atoms with Crippen LogP contribution in [0.15, 0.2) is 47.4 Å². The molecule has 2 heterocycles. The second-order valence-electron chi connectivity index (χ2n) is 6.94. The maximum absolute atomic E-state index is 11.8. The molecule has 0 aliphatic rings. The third kappa shape index (κ3) is 4.97. The molecule has 0 saturated carbocycles. The van der Waals surface area contributed by atoms with Crippen LogP contribution in [0.4, 0.5) is 5.82 Å². The lowest BCUT2D eigenvalue weighted by molar-refractivity contribution is 0.325. The Morgan fingerprint density at radius 1 is 1.11 bits per heavy atom. The Morgan fingerprint density at radius 2 is 1.86 bits per heavy atom. The zero-order valence-electron chi connectivity index (χ0n) is 16.8. The van der Waals surface area contributed by atoms with E-state index in [2.05, 4.69) is 34.9 Å². The summed E-state index contributed by atoms with van der Waals surface area (Å²) in [6.07, 6.45) is 2.44. The van der Waals surface area contributed by atoms with Crippen LogP contribution in [0.1, 0.15) is 23.7 Å². The van der Waals surface area contributed by atoms with E-state index in [1.54, 1.807) is 6.20 Å². The van der Waals surface area contributed by atoms with Crippen LogP contribution in [0.2, 0.25) is 0 Å². The third-order valence-corrected chi connectivity index (χ3v) is 4.46. The number of likely N-dealkylation sites (N-methyl/N-ethyl adjacent to an activating group) is 1. The van der Waals surface area contributed by atoms with Crippen molar-refractivity contribution in [3.8, 4) is 17.1 Å². The standard InChI is InChI=1S/C22H26N4O2/c1-5-18-13-21(27)25-22(24-18)17-6-7-20(23-14-17)26(4)8-9-28-19-11-15(2)10-16(3)12-19/h6-7,10-14H,5,8-9H2,1-4H3,(H,24,25,27). The van der Waals surface area contributed by atoms with Gasteiger partial charge in [-0.15, -0.1) is 0 Å². The van der Waals surface area contributed by atoms with Crippen LogP contribution in [0.3, 0.4) is 0 Å². The highest BCUT2D eigenvalue weighted by Gasteiger charge is 2.07. The number of aromatic nitrogens is 3. The molecule has 146 valence electrons. The molecule has 0 aliphatic carbocycles. The zero-order valence-corrected chi connectivity index (χ0v) is 16.8. The molecule has 6 nitrogen and oxygen atoms in total. The Morgan fingerprint density at radius 3 is 2.50 bits per heavy atom. The SMILES string of the molecule is CCc1cc(=O)[nH]c(-c2ccc(N(C)CCOc3cc(C)cc(C)c3)nc2)n1. The van der Waals surface area contributed by atoms with E-state index in [-0.39, 0.29) is 5.56 Å². The zero-order chi connectivity index (χ0) is 20.1. The number of hydrogen-bond acceptors (Lipinski definition) is 5. The molecule has 0 amide bonds. The highest BCUT2D eigenvalue weighted by molar-refractivity contribution is 5.56. The Labute approximate surface area is 165 Å². The van der Waals surface area contributed by atoms with Crippen molar-refractivity contribution in [3.05, 3.63) is 69.8 Å². The summed E-state index contributed by atoms with van der Waals surface area (Å²) in [6, 6.07) is 11.6. The molecule has 28 heavy (non-hydrogen) atoms. The summed E-state index contributed by atoms with van der Waals surface area (Å²) in [6.45, 7) is 7.38. The van der Waals surface area contributed by atoms with E-state index in [4.69, 9.17) is 4.74 Å². The molecule has 0 unspecified atom stereocenters. The fourth-order valence-corrected chi connectivity index (χ4v) is 3.01. The number of rotatable bonds is 7. The van der Waals surface area contributed by atoms with E-state index >= 15 is 0 Å². The molecule has 0 fully saturated rings. The van der Waals surface area contributed by atoms with Gasteiger partial charge in [0.25, 0.3) is 5.56 Å². The summed E-state index contributed by atoms with van der Waals surface area (Å²) in [5.74, 6) is 2.27. The van der Waals surface area contributed by atoms with Gasteiger partial charge in [0.05, 0.1) is 6.54 Å². The minimum atomic E-state index is -0.147. The van der Waals surface area contributed by atoms with E-state index in [1.165, 1.54) is 17.2 Å². The molecular weight excluding hydrogens is 352 g/mol. The highest BCUT2D eigenvalue weighted by atomic mass is 16.5. The Kier molecular flexibility index (Phi) is 6.09. The maximum Gasteiger partial charge on any atom is 0.251 e. The number of H-pyrrole nitrogens is 1. The van der Waals surface area contributed by atoms with Gasteiger partial charge >= 0.3 is 0 Å². The van der Waals surface area contributed by atoms with Crippen LogP contribution in [0.5, 0.6) is 5.75 Å². The number of benzene rings is 1. The van der Waals surface area contributed by atoms with Crippen molar-refractivity contribution in [2.45, 2.75) is 27.2 Å². The van der Waals surface area contributed by atoms with Gasteiger partial charge in [-0.25, -0.2) is 9.97 Å². The monoisotopic (exact) mass is 378 g/mol. The first-order valence-electron chi connectivity index (χ1n) is 9.43. The fourth-order valence-electron chi connectivity index (χ4n) is 3.01. The molecule has 0 spiro atoms. The van der Waals surface area contributed by atoms with Gasteiger partial charge < -0.3 is 14.6 Å². The normalized spacial score (nSPS) is 10.7. The predicted octanol–water partition coefficient (Wildman–Crippen LogP) is 3.53. The number of aryl methyl sites for hydroxylation is 3. The number of anilines is 1. The summed E-state index contributed by atoms with van der Waals surface area (Å²) in [5.41, 5.74) is 3.80. The van der Waals surface area contributed by atoms with Crippen LogP contribution >= 0.6 is 0 Å². The molecule has 1 N–H and O–H groups in total. The van der Waals surface area contributed by atoms with Gasteiger partial charge in [-0.2, -0.15) is 0 Å². The molecule has 0 atom stereocenters. The number of pyridine rings is 1. The van der Waals surface area contributed by atoms with E-state index in [1.807, 2.05) is 43.1 Å². The molecule has 3 aromatic rings. The molecule has 0 aliphatic heterocycles. The van der Waals surface area contributed by atoms with E-state index in [0.29, 0.717) is 25.4 Å². The molecule has 3 rings (SSSR count). The van der Waals surface area contributed by atoms with Crippen molar-refractivity contribution in [2.75, 3.05) is 25.1 Å². The van der Waals surface area contributed by atoms with Crippen molar-refractivity contribution in [3.63, 3.8) is 0 Å². The Balaban J connectivity index is 1.63. The lowest BCUT2D eigenvalue weighted by atomic mass is 10.1. The smallest absolute Gasteiger partial charge is 0.251 e. The van der Waals surface area contributed by atoms with Gasteiger partial charge in [0.1, 0.15) is 24.0 Å². The maximum atomic E-state index is 11.8. The first-order valence-corrected chi connectivity index (χ1v) is 9.43. The van der Waals surface area contributed by atoms with Crippen LogP contribution in [0, 0.1) is 13.8 Å². The lowest BCUT2D eigenvalue weighted by Gasteiger charge is -2.19. The average molecular weight is 378 g/mol. The third-order valence-electron chi connectivity index (χ3n) is 4.46. The predicted molar refractivity (Wildman–Crippen MR) is 112 cm³/mol. The molecule has 2 aromatic heterocycles. The minimum Gasteiger partial charge on any atom is -0.492 e. The Bertz CT molecular complexity index is 976. The van der Waals surface area contributed by atoms with Crippen LogP contribution in [-0.4, -0.2) is 35.2 Å². The van der Waals surface area contributed by atoms with Gasteiger partial charge in [0.15, 0.2) is 0 Å². The van der Waals surface area contributed by atoms with Crippen molar-refractivity contribution in [2.24, 2.45) is 0 Å². The summed E-state index contributed by atoms with van der Waals surface area (Å²) in [7, 11) is 1.98. The number of nitrogens with one attached hydrogen (secondary N) is 1. The minimum absolute atomic E-state index is 0.147. The van der Waals surface area contributed by atoms with Crippen molar-refractivity contribution < 1.29 is 4.74 Å². The quantitative estimate of drug-likeness (QED) is 0.681. The second kappa shape index (κ2) is 8.69. The van der Waals surface area contributed by atoms with Crippen molar-refractivity contribution in [1.29, 1.82) is 0 Å². The van der Waals surface area contributed by atoms with Crippen LogP contribution < -0.4 is 15.2 Å². The second-order valence-corrected chi connectivity index (χ2v) is 6.94. The van der Waals surface area contributed by atoms with E-state index in [0.717, 1.165) is 22.8 Å². The molecular formula is C22H26N4O2. The molecule has 1 aromatic carbocycles. The number of aromatic amines is 1. The van der Waals surface area contributed by atoms with Crippen LogP contribution in [0.25, 0.3) is 11.4 Å². The first kappa shape index (κ1) is 19.6. The topological polar surface area (TPSA) is 71.1 Å². The molecule has 6 heteroatoms. The van der Waals surface area contributed by atoms with Gasteiger partial charge in [-0.1, -0.05) is 13.0 Å². The number of nitrogens with zero attached hydrogens (tertiary/aromatic N) is 3. The van der Waals surface area contributed by atoms with Gasteiger partial charge in [-0.05, 0) is 55.7 Å². The largest absolute Gasteiger partial charge is 0.492 e. The summed E-state index contributed by atoms with van der Waals surface area (Å²) >= 11 is 0. The summed E-state index contributed by atoms with van der Waals surface area (Å²) in [4.78, 5) is 25.5. The fraction of sp³-hybridized carbons (Fsp3) is 0.318. The first-order chi connectivity index (χ1) is 13.4. The van der Waals surface area contributed by atoms with Gasteiger partial charge in [-0.3, -0.25) is 4.79 Å². The summed E-state index contributed by atoms with van der Waals surface area (Å²) in [5, 5.41) is 0.